The Morgan fingerprint density at radius 1 is 0.757 bits per heavy atom. The molecule has 0 aliphatic heterocycles. The van der Waals surface area contributed by atoms with Gasteiger partial charge in [0.05, 0.1) is 13.0 Å². The third kappa shape index (κ3) is 16.5. The Morgan fingerprint density at radius 2 is 1.27 bits per heavy atom. The molecule has 0 aliphatic carbocycles. The molecular formula is C28H46N2O7. The van der Waals surface area contributed by atoms with E-state index in [1.807, 2.05) is 6.92 Å². The lowest BCUT2D eigenvalue weighted by atomic mass is 10.0. The van der Waals surface area contributed by atoms with Gasteiger partial charge in [-0.3, -0.25) is 19.2 Å². The lowest BCUT2D eigenvalue weighted by molar-refractivity contribution is -0.139. The molecule has 0 fully saturated rings. The van der Waals surface area contributed by atoms with Gasteiger partial charge in [0.15, 0.2) is 5.76 Å². The highest BCUT2D eigenvalue weighted by molar-refractivity contribution is 5.91. The second-order valence-corrected chi connectivity index (χ2v) is 9.62. The third-order valence-electron chi connectivity index (χ3n) is 6.25. The fourth-order valence-electron chi connectivity index (χ4n) is 4.10. The first kappa shape index (κ1) is 32.2. The van der Waals surface area contributed by atoms with E-state index in [1.165, 1.54) is 37.0 Å². The van der Waals surface area contributed by atoms with Crippen molar-refractivity contribution in [1.29, 1.82) is 0 Å². The number of nitrogens with zero attached hydrogens (tertiary/aromatic N) is 1. The number of furan rings is 1. The predicted molar refractivity (Wildman–Crippen MR) is 141 cm³/mol. The number of aliphatic carboxylic acids is 2. The van der Waals surface area contributed by atoms with Crippen molar-refractivity contribution in [2.24, 2.45) is 0 Å². The first-order valence-electron chi connectivity index (χ1n) is 13.9. The molecule has 0 saturated carbocycles. The summed E-state index contributed by atoms with van der Waals surface area (Å²) in [6, 6.07) is 3.23. The molecule has 2 amide bonds. The molecule has 1 aromatic heterocycles. The Balaban J connectivity index is 2.23. The SMILES string of the molecule is CCCNC(=O)c1ccc(CN(CCC(=O)O)C(=O)CCCCCCCCCCCCCCC(=O)O)o1. The molecule has 0 spiro atoms. The van der Waals surface area contributed by atoms with E-state index in [2.05, 4.69) is 5.32 Å². The van der Waals surface area contributed by atoms with Crippen LogP contribution in [0.3, 0.4) is 0 Å². The van der Waals surface area contributed by atoms with Crippen molar-refractivity contribution in [3.63, 3.8) is 0 Å². The van der Waals surface area contributed by atoms with Crippen LogP contribution >= 0.6 is 0 Å². The average Bonchev–Trinajstić information content (AvgIpc) is 3.33. The summed E-state index contributed by atoms with van der Waals surface area (Å²) in [5, 5.41) is 20.4. The van der Waals surface area contributed by atoms with E-state index in [0.717, 1.165) is 51.4 Å². The van der Waals surface area contributed by atoms with Crippen molar-refractivity contribution >= 4 is 23.8 Å². The van der Waals surface area contributed by atoms with Crippen molar-refractivity contribution in [1.82, 2.24) is 10.2 Å². The predicted octanol–water partition coefficient (Wildman–Crippen LogP) is 5.77. The number of unbranched alkanes of at least 4 members (excludes halogenated alkanes) is 11. The van der Waals surface area contributed by atoms with Gasteiger partial charge in [-0.2, -0.15) is 0 Å². The number of nitrogens with one attached hydrogen (secondary N) is 1. The fraction of sp³-hybridized carbons (Fsp3) is 0.714. The van der Waals surface area contributed by atoms with Crippen molar-refractivity contribution in [3.05, 3.63) is 23.7 Å². The van der Waals surface area contributed by atoms with Crippen LogP contribution in [0.4, 0.5) is 0 Å². The van der Waals surface area contributed by atoms with Gasteiger partial charge < -0.3 is 24.8 Å². The van der Waals surface area contributed by atoms with Gasteiger partial charge in [-0.15, -0.1) is 0 Å². The number of carboxylic acids is 2. The number of carbonyl (C=O) groups excluding carboxylic acids is 2. The molecule has 9 heteroatoms. The molecule has 0 aromatic carbocycles. The fourth-order valence-corrected chi connectivity index (χ4v) is 4.10. The maximum atomic E-state index is 12.8. The molecule has 1 aromatic rings. The van der Waals surface area contributed by atoms with E-state index in [-0.39, 0.29) is 43.5 Å². The number of amides is 2. The largest absolute Gasteiger partial charge is 0.481 e. The molecule has 0 unspecified atom stereocenters. The van der Waals surface area contributed by atoms with Crippen LogP contribution in [0.1, 0.15) is 126 Å². The first-order chi connectivity index (χ1) is 17.8. The Labute approximate surface area is 221 Å². The van der Waals surface area contributed by atoms with Gasteiger partial charge >= 0.3 is 11.9 Å². The van der Waals surface area contributed by atoms with Gasteiger partial charge in [0, 0.05) is 25.9 Å². The average molecular weight is 523 g/mol. The van der Waals surface area contributed by atoms with E-state index in [4.69, 9.17) is 14.6 Å². The Morgan fingerprint density at radius 3 is 1.78 bits per heavy atom. The topological polar surface area (TPSA) is 137 Å². The molecule has 0 atom stereocenters. The molecule has 0 radical (unpaired) electrons. The summed E-state index contributed by atoms with van der Waals surface area (Å²) in [5.41, 5.74) is 0. The van der Waals surface area contributed by atoms with Crippen LogP contribution in [-0.2, 0) is 20.9 Å². The van der Waals surface area contributed by atoms with Gasteiger partial charge in [0.2, 0.25) is 5.91 Å². The van der Waals surface area contributed by atoms with E-state index >= 15 is 0 Å². The zero-order chi connectivity index (χ0) is 27.3. The van der Waals surface area contributed by atoms with E-state index in [9.17, 15) is 19.2 Å². The minimum Gasteiger partial charge on any atom is -0.481 e. The highest BCUT2D eigenvalue weighted by Crippen LogP contribution is 2.15. The molecular weight excluding hydrogens is 476 g/mol. The molecule has 0 bridgehead atoms. The summed E-state index contributed by atoms with van der Waals surface area (Å²) in [6.07, 6.45) is 14.1. The smallest absolute Gasteiger partial charge is 0.305 e. The molecule has 3 N–H and O–H groups in total. The highest BCUT2D eigenvalue weighted by Gasteiger charge is 2.18. The normalized spacial score (nSPS) is 10.8. The maximum absolute atomic E-state index is 12.8. The summed E-state index contributed by atoms with van der Waals surface area (Å²) in [4.78, 5) is 47.8. The van der Waals surface area contributed by atoms with Gasteiger partial charge in [0.1, 0.15) is 5.76 Å². The summed E-state index contributed by atoms with van der Waals surface area (Å²) in [7, 11) is 0. The van der Waals surface area contributed by atoms with Gasteiger partial charge in [-0.25, -0.2) is 0 Å². The van der Waals surface area contributed by atoms with Crippen LogP contribution in [0.25, 0.3) is 0 Å². The van der Waals surface area contributed by atoms with Crippen LogP contribution in [0, 0.1) is 0 Å². The molecule has 37 heavy (non-hydrogen) atoms. The van der Waals surface area contributed by atoms with E-state index in [1.54, 1.807) is 12.1 Å². The minimum atomic E-state index is -0.963. The van der Waals surface area contributed by atoms with Crippen molar-refractivity contribution in [2.75, 3.05) is 13.1 Å². The summed E-state index contributed by atoms with van der Waals surface area (Å²) in [6.45, 7) is 2.76. The van der Waals surface area contributed by atoms with Crippen molar-refractivity contribution < 1.29 is 33.8 Å². The van der Waals surface area contributed by atoms with E-state index < -0.39 is 11.9 Å². The third-order valence-corrected chi connectivity index (χ3v) is 6.25. The standard InChI is InChI=1S/C28H46N2O7/c1-2-20-29-28(36)24-18-17-23(37-24)22-30(21-19-27(34)35)25(31)15-13-11-9-7-5-3-4-6-8-10-12-14-16-26(32)33/h17-18H,2-16,19-22H2,1H3,(H,29,36)(H,32,33)(H,34,35). The second kappa shape index (κ2) is 20.2. The highest BCUT2D eigenvalue weighted by atomic mass is 16.4. The monoisotopic (exact) mass is 522 g/mol. The van der Waals surface area contributed by atoms with Gasteiger partial charge in [-0.05, 0) is 31.4 Å². The molecule has 1 heterocycles. The van der Waals surface area contributed by atoms with Crippen LogP contribution in [-0.4, -0.2) is 52.0 Å². The minimum absolute atomic E-state index is 0.0991. The molecule has 0 aliphatic rings. The Hall–Kier alpha value is -2.84. The molecule has 9 nitrogen and oxygen atoms in total. The molecule has 1 rings (SSSR count). The lowest BCUT2D eigenvalue weighted by Crippen LogP contribution is -2.32. The second-order valence-electron chi connectivity index (χ2n) is 9.62. The van der Waals surface area contributed by atoms with Gasteiger partial charge in [0.25, 0.3) is 5.91 Å². The van der Waals surface area contributed by atoms with E-state index in [0.29, 0.717) is 18.7 Å². The zero-order valence-electron chi connectivity index (χ0n) is 22.5. The molecule has 0 saturated heterocycles. The first-order valence-corrected chi connectivity index (χ1v) is 13.9. The summed E-state index contributed by atoms with van der Waals surface area (Å²) in [5.74, 6) is -1.43. The van der Waals surface area contributed by atoms with Crippen LogP contribution in [0.2, 0.25) is 0 Å². The van der Waals surface area contributed by atoms with Crippen molar-refractivity contribution in [3.8, 4) is 0 Å². The summed E-state index contributed by atoms with van der Waals surface area (Å²) >= 11 is 0. The summed E-state index contributed by atoms with van der Waals surface area (Å²) < 4.78 is 5.59. The lowest BCUT2D eigenvalue weighted by Gasteiger charge is -2.21. The van der Waals surface area contributed by atoms with Crippen LogP contribution in [0.5, 0.6) is 0 Å². The Kier molecular flexibility index (Phi) is 17.6. The number of carboxylic acid groups (broad SMARTS) is 2. The van der Waals surface area contributed by atoms with Crippen LogP contribution in [0.15, 0.2) is 16.5 Å². The zero-order valence-corrected chi connectivity index (χ0v) is 22.5. The quantitative estimate of drug-likeness (QED) is 0.155. The van der Waals surface area contributed by atoms with Crippen molar-refractivity contribution in [2.45, 2.75) is 116 Å². The molecule has 210 valence electrons. The number of rotatable bonds is 23. The van der Waals surface area contributed by atoms with Crippen LogP contribution < -0.4 is 5.32 Å². The Bertz CT molecular complexity index is 806. The van der Waals surface area contributed by atoms with Gasteiger partial charge in [-0.1, -0.05) is 71.1 Å². The number of hydrogen-bond acceptors (Lipinski definition) is 5. The maximum Gasteiger partial charge on any atom is 0.305 e. The number of hydrogen-bond donors (Lipinski definition) is 3. The number of carbonyl (C=O) groups is 4.